The van der Waals surface area contributed by atoms with E-state index in [-0.39, 0.29) is 0 Å². The molecule has 11 heavy (non-hydrogen) atoms. The highest BCUT2D eigenvalue weighted by atomic mass is 32.2. The molecule has 0 fully saturated rings. The van der Waals surface area contributed by atoms with E-state index in [4.69, 9.17) is 5.21 Å². The summed E-state index contributed by atoms with van der Waals surface area (Å²) in [4.78, 5) is 1.20. The van der Waals surface area contributed by atoms with Gasteiger partial charge < -0.3 is 5.21 Å². The van der Waals surface area contributed by atoms with Crippen molar-refractivity contribution in [1.29, 1.82) is 0 Å². The molecule has 0 aliphatic heterocycles. The van der Waals surface area contributed by atoms with Crippen LogP contribution < -0.4 is 5.48 Å². The average molecular weight is 169 g/mol. The van der Waals surface area contributed by atoms with Crippen LogP contribution in [0.3, 0.4) is 0 Å². The molecule has 0 radical (unpaired) electrons. The number of rotatable bonds is 3. The highest BCUT2D eigenvalue weighted by molar-refractivity contribution is 7.98. The van der Waals surface area contributed by atoms with Crippen LogP contribution in [0.5, 0.6) is 0 Å². The molecule has 0 unspecified atom stereocenters. The van der Waals surface area contributed by atoms with Crippen LogP contribution in [0.4, 0.5) is 0 Å². The van der Waals surface area contributed by atoms with E-state index in [0.29, 0.717) is 6.54 Å². The molecular weight excluding hydrogens is 158 g/mol. The van der Waals surface area contributed by atoms with E-state index in [1.807, 2.05) is 30.5 Å². The summed E-state index contributed by atoms with van der Waals surface area (Å²) in [6.45, 7) is 0.511. The van der Waals surface area contributed by atoms with Gasteiger partial charge in [-0.2, -0.15) is 0 Å². The summed E-state index contributed by atoms with van der Waals surface area (Å²) in [5.41, 5.74) is 3.27. The third-order valence-electron chi connectivity index (χ3n) is 1.46. The molecule has 0 amide bonds. The smallest absolute Gasteiger partial charge is 0.0469 e. The summed E-state index contributed by atoms with van der Waals surface area (Å²) in [5, 5.41) is 8.48. The molecule has 0 aliphatic rings. The minimum Gasteiger partial charge on any atom is -0.316 e. The maximum atomic E-state index is 8.48. The van der Waals surface area contributed by atoms with E-state index in [2.05, 4.69) is 5.48 Å². The number of hydrogen-bond donors (Lipinski definition) is 2. The Morgan fingerprint density at radius 2 is 2.18 bits per heavy atom. The Labute approximate surface area is 70.6 Å². The van der Waals surface area contributed by atoms with Crippen molar-refractivity contribution in [1.82, 2.24) is 5.48 Å². The van der Waals surface area contributed by atoms with Crippen molar-refractivity contribution in [3.63, 3.8) is 0 Å². The van der Waals surface area contributed by atoms with Crippen LogP contribution in [-0.2, 0) is 6.54 Å². The van der Waals surface area contributed by atoms with Crippen molar-refractivity contribution in [2.45, 2.75) is 11.4 Å². The number of benzene rings is 1. The van der Waals surface area contributed by atoms with Crippen molar-refractivity contribution in [2.24, 2.45) is 0 Å². The van der Waals surface area contributed by atoms with Gasteiger partial charge in [-0.05, 0) is 17.9 Å². The molecule has 1 aromatic rings. The van der Waals surface area contributed by atoms with Crippen LogP contribution >= 0.6 is 11.8 Å². The lowest BCUT2D eigenvalue weighted by molar-refractivity contribution is 0.160. The van der Waals surface area contributed by atoms with Crippen molar-refractivity contribution >= 4 is 11.8 Å². The standard InChI is InChI=1S/C8H11NOS/c1-11-8-5-3-2-4-7(8)6-9-10/h2-5,9-10H,6H2,1H3. The molecule has 3 heteroatoms. The van der Waals surface area contributed by atoms with Crippen molar-refractivity contribution in [2.75, 3.05) is 6.26 Å². The van der Waals surface area contributed by atoms with Gasteiger partial charge in [-0.3, -0.25) is 0 Å². The second-order valence-electron chi connectivity index (χ2n) is 2.15. The molecule has 0 bridgehead atoms. The van der Waals surface area contributed by atoms with Gasteiger partial charge in [0, 0.05) is 11.4 Å². The van der Waals surface area contributed by atoms with Crippen LogP contribution in [0, 0.1) is 0 Å². The monoisotopic (exact) mass is 169 g/mol. The number of hydroxylamine groups is 1. The van der Waals surface area contributed by atoms with Gasteiger partial charge in [-0.15, -0.1) is 11.8 Å². The molecule has 0 heterocycles. The Hall–Kier alpha value is -0.510. The molecule has 2 nitrogen and oxygen atoms in total. The van der Waals surface area contributed by atoms with Crippen molar-refractivity contribution < 1.29 is 5.21 Å². The van der Waals surface area contributed by atoms with Crippen LogP contribution in [0.1, 0.15) is 5.56 Å². The minimum atomic E-state index is 0.511. The van der Waals surface area contributed by atoms with E-state index in [9.17, 15) is 0 Å². The molecule has 60 valence electrons. The van der Waals surface area contributed by atoms with Crippen LogP contribution in [0.15, 0.2) is 29.2 Å². The average Bonchev–Trinajstić information content (AvgIpc) is 2.06. The maximum Gasteiger partial charge on any atom is 0.0469 e. The summed E-state index contributed by atoms with van der Waals surface area (Å²) in [5.74, 6) is 0. The fraction of sp³-hybridized carbons (Fsp3) is 0.250. The second kappa shape index (κ2) is 4.38. The van der Waals surface area contributed by atoms with Crippen LogP contribution in [-0.4, -0.2) is 11.5 Å². The lowest BCUT2D eigenvalue weighted by Gasteiger charge is -2.04. The Kier molecular flexibility index (Phi) is 3.42. The number of thioether (sulfide) groups is 1. The Bertz CT molecular complexity index is 227. The Morgan fingerprint density at radius 3 is 2.82 bits per heavy atom. The topological polar surface area (TPSA) is 32.3 Å². The van der Waals surface area contributed by atoms with Gasteiger partial charge in [0.2, 0.25) is 0 Å². The molecular formula is C8H11NOS. The van der Waals surface area contributed by atoms with E-state index in [1.54, 1.807) is 11.8 Å². The summed E-state index contributed by atoms with van der Waals surface area (Å²) >= 11 is 1.68. The van der Waals surface area contributed by atoms with Gasteiger partial charge in [-0.25, -0.2) is 5.48 Å². The normalized spacial score (nSPS) is 10.0. The van der Waals surface area contributed by atoms with Crippen LogP contribution in [0.25, 0.3) is 0 Å². The molecule has 0 saturated heterocycles. The summed E-state index contributed by atoms with van der Waals surface area (Å²) in [6, 6.07) is 7.99. The number of nitrogens with one attached hydrogen (secondary N) is 1. The van der Waals surface area contributed by atoms with Gasteiger partial charge >= 0.3 is 0 Å². The highest BCUT2D eigenvalue weighted by Crippen LogP contribution is 2.18. The first-order valence-electron chi connectivity index (χ1n) is 3.37. The predicted molar refractivity (Wildman–Crippen MR) is 46.8 cm³/mol. The van der Waals surface area contributed by atoms with E-state index >= 15 is 0 Å². The fourth-order valence-corrected chi connectivity index (χ4v) is 1.55. The first-order chi connectivity index (χ1) is 5.38. The first-order valence-corrected chi connectivity index (χ1v) is 4.60. The summed E-state index contributed by atoms with van der Waals surface area (Å²) in [6.07, 6.45) is 2.02. The Balaban J connectivity index is 2.83. The van der Waals surface area contributed by atoms with Gasteiger partial charge in [0.15, 0.2) is 0 Å². The van der Waals surface area contributed by atoms with E-state index in [1.165, 1.54) is 4.90 Å². The van der Waals surface area contributed by atoms with Gasteiger partial charge in [0.25, 0.3) is 0 Å². The third kappa shape index (κ3) is 2.22. The van der Waals surface area contributed by atoms with Crippen LogP contribution in [0.2, 0.25) is 0 Å². The highest BCUT2D eigenvalue weighted by Gasteiger charge is 1.97. The zero-order valence-electron chi connectivity index (χ0n) is 6.37. The second-order valence-corrected chi connectivity index (χ2v) is 2.99. The van der Waals surface area contributed by atoms with Gasteiger partial charge in [0.05, 0.1) is 0 Å². The SMILES string of the molecule is CSc1ccccc1CNO. The summed E-state index contributed by atoms with van der Waals surface area (Å²) < 4.78 is 0. The largest absolute Gasteiger partial charge is 0.316 e. The van der Waals surface area contributed by atoms with E-state index < -0.39 is 0 Å². The van der Waals surface area contributed by atoms with Gasteiger partial charge in [-0.1, -0.05) is 18.2 Å². The first kappa shape index (κ1) is 8.59. The molecule has 1 aromatic carbocycles. The fourth-order valence-electron chi connectivity index (χ4n) is 0.934. The van der Waals surface area contributed by atoms with Crippen molar-refractivity contribution in [3.05, 3.63) is 29.8 Å². The molecule has 2 N–H and O–H groups in total. The van der Waals surface area contributed by atoms with E-state index in [0.717, 1.165) is 5.56 Å². The molecule has 0 saturated carbocycles. The lowest BCUT2D eigenvalue weighted by atomic mass is 10.2. The lowest BCUT2D eigenvalue weighted by Crippen LogP contribution is -2.06. The maximum absolute atomic E-state index is 8.48. The molecule has 0 atom stereocenters. The minimum absolute atomic E-state index is 0.511. The molecule has 1 rings (SSSR count). The third-order valence-corrected chi connectivity index (χ3v) is 2.30. The zero-order chi connectivity index (χ0) is 8.10. The van der Waals surface area contributed by atoms with Gasteiger partial charge in [0.1, 0.15) is 0 Å². The zero-order valence-corrected chi connectivity index (χ0v) is 7.19. The predicted octanol–water partition coefficient (Wildman–Crippen LogP) is 1.89. The van der Waals surface area contributed by atoms with Crippen molar-refractivity contribution in [3.8, 4) is 0 Å². The molecule has 0 spiro atoms. The molecule has 0 aliphatic carbocycles. The number of hydrogen-bond acceptors (Lipinski definition) is 3. The molecule has 0 aromatic heterocycles. The summed E-state index contributed by atoms with van der Waals surface area (Å²) in [7, 11) is 0. The Morgan fingerprint density at radius 1 is 1.45 bits per heavy atom. The quantitative estimate of drug-likeness (QED) is 0.535.